The van der Waals surface area contributed by atoms with Gasteiger partial charge in [0.15, 0.2) is 0 Å². The van der Waals surface area contributed by atoms with E-state index in [-0.39, 0.29) is 22.6 Å². The summed E-state index contributed by atoms with van der Waals surface area (Å²) in [7, 11) is 0. The predicted molar refractivity (Wildman–Crippen MR) is 124 cm³/mol. The third-order valence-corrected chi connectivity index (χ3v) is 5.29. The summed E-state index contributed by atoms with van der Waals surface area (Å²) >= 11 is 11.8. The van der Waals surface area contributed by atoms with Crippen LogP contribution in [0.3, 0.4) is 0 Å². The van der Waals surface area contributed by atoms with Crippen LogP contribution in [-0.4, -0.2) is 23.0 Å². The zero-order chi connectivity index (χ0) is 23.5. The summed E-state index contributed by atoms with van der Waals surface area (Å²) in [4.78, 5) is 38.5. The Morgan fingerprint density at radius 1 is 0.909 bits per heavy atom. The topological polar surface area (TPSA) is 95.9 Å². The quantitative estimate of drug-likeness (QED) is 0.396. The van der Waals surface area contributed by atoms with E-state index >= 15 is 0 Å². The number of carbonyl (C=O) groups excluding carboxylic acids is 3. The van der Waals surface area contributed by atoms with E-state index < -0.39 is 17.8 Å². The van der Waals surface area contributed by atoms with E-state index in [1.165, 1.54) is 36.4 Å². The van der Waals surface area contributed by atoms with Crippen LogP contribution in [0.2, 0.25) is 10.0 Å². The predicted octanol–water partition coefficient (Wildman–Crippen LogP) is 4.94. The molecule has 1 saturated heterocycles. The monoisotopic (exact) mass is 482 g/mol. The summed E-state index contributed by atoms with van der Waals surface area (Å²) in [5.41, 5.74) is 1.01. The van der Waals surface area contributed by atoms with Crippen molar-refractivity contribution in [1.82, 2.24) is 5.32 Å². The number of anilines is 1. The zero-order valence-corrected chi connectivity index (χ0v) is 18.4. The van der Waals surface area contributed by atoms with Crippen LogP contribution in [0.1, 0.15) is 11.1 Å². The van der Waals surface area contributed by atoms with Gasteiger partial charge in [-0.2, -0.15) is 0 Å². The van der Waals surface area contributed by atoms with Crippen molar-refractivity contribution in [1.29, 1.82) is 0 Å². The van der Waals surface area contributed by atoms with Crippen molar-refractivity contribution in [2.24, 2.45) is 0 Å². The first-order valence-electron chi connectivity index (χ1n) is 9.69. The van der Waals surface area contributed by atoms with Crippen molar-refractivity contribution in [2.75, 3.05) is 4.90 Å². The number of barbiturate groups is 1. The first-order valence-corrected chi connectivity index (χ1v) is 10.4. The smallest absolute Gasteiger partial charge is 0.335 e. The highest BCUT2D eigenvalue weighted by molar-refractivity contribution is 6.39. The van der Waals surface area contributed by atoms with Crippen molar-refractivity contribution in [3.63, 3.8) is 0 Å². The number of carbonyl (C=O) groups is 3. The molecule has 1 heterocycles. The van der Waals surface area contributed by atoms with Crippen LogP contribution in [0.25, 0.3) is 6.08 Å². The van der Waals surface area contributed by atoms with Gasteiger partial charge in [0.2, 0.25) is 0 Å². The number of hydrogen-bond donors (Lipinski definition) is 2. The van der Waals surface area contributed by atoms with Crippen LogP contribution in [0.5, 0.6) is 11.5 Å². The van der Waals surface area contributed by atoms with E-state index in [9.17, 15) is 19.5 Å². The highest BCUT2D eigenvalue weighted by Crippen LogP contribution is 2.28. The van der Waals surface area contributed by atoms with Crippen LogP contribution in [0.15, 0.2) is 72.3 Å². The minimum Gasteiger partial charge on any atom is -0.507 e. The summed E-state index contributed by atoms with van der Waals surface area (Å²) < 4.78 is 5.72. The number of phenols is 1. The Morgan fingerprint density at radius 2 is 1.58 bits per heavy atom. The van der Waals surface area contributed by atoms with E-state index in [1.54, 1.807) is 24.3 Å². The first kappa shape index (κ1) is 22.4. The molecule has 0 atom stereocenters. The molecule has 166 valence electrons. The summed E-state index contributed by atoms with van der Waals surface area (Å²) in [6.07, 6.45) is 1.18. The molecule has 9 heteroatoms. The Hall–Kier alpha value is -3.81. The lowest BCUT2D eigenvalue weighted by atomic mass is 10.1. The standard InChI is InChI=1S/C24H16Cl2N2O5/c25-16-3-1-14(2-4-16)13-33-19-8-6-18(7-9-19)28-23(31)20(22(30)27-24(28)32)12-15-11-17(26)5-10-21(15)29/h1-12,29H,13H2,(H,27,30,32)/b20-12+. The first-order chi connectivity index (χ1) is 15.8. The molecule has 33 heavy (non-hydrogen) atoms. The number of imide groups is 2. The number of aromatic hydroxyl groups is 1. The van der Waals surface area contributed by atoms with Crippen LogP contribution in [-0.2, 0) is 16.2 Å². The highest BCUT2D eigenvalue weighted by Gasteiger charge is 2.37. The number of nitrogens with zero attached hydrogens (tertiary/aromatic N) is 1. The van der Waals surface area contributed by atoms with Crippen LogP contribution < -0.4 is 15.0 Å². The molecule has 0 unspecified atom stereocenters. The van der Waals surface area contributed by atoms with Gasteiger partial charge in [-0.1, -0.05) is 35.3 Å². The Kier molecular flexibility index (Phi) is 6.35. The molecule has 0 aromatic heterocycles. The van der Waals surface area contributed by atoms with Gasteiger partial charge in [-0.15, -0.1) is 0 Å². The molecule has 4 rings (SSSR count). The van der Waals surface area contributed by atoms with Crippen molar-refractivity contribution < 1.29 is 24.2 Å². The van der Waals surface area contributed by atoms with Gasteiger partial charge in [0.1, 0.15) is 23.7 Å². The maximum Gasteiger partial charge on any atom is 0.335 e. The van der Waals surface area contributed by atoms with Crippen LogP contribution in [0, 0.1) is 0 Å². The van der Waals surface area contributed by atoms with Gasteiger partial charge >= 0.3 is 6.03 Å². The van der Waals surface area contributed by atoms with Crippen molar-refractivity contribution in [2.45, 2.75) is 6.61 Å². The number of nitrogens with one attached hydrogen (secondary N) is 1. The van der Waals surface area contributed by atoms with Crippen molar-refractivity contribution in [3.8, 4) is 11.5 Å². The SMILES string of the molecule is O=C1NC(=O)N(c2ccc(OCc3ccc(Cl)cc3)cc2)C(=O)/C1=C/c1cc(Cl)ccc1O. The van der Waals surface area contributed by atoms with Crippen molar-refractivity contribution >= 4 is 52.8 Å². The molecule has 3 aromatic rings. The zero-order valence-electron chi connectivity index (χ0n) is 16.9. The average molecular weight is 483 g/mol. The van der Waals surface area contributed by atoms with E-state index in [1.807, 2.05) is 12.1 Å². The van der Waals surface area contributed by atoms with Gasteiger partial charge in [0.25, 0.3) is 11.8 Å². The lowest BCUT2D eigenvalue weighted by Crippen LogP contribution is -2.54. The second-order valence-electron chi connectivity index (χ2n) is 7.07. The number of amides is 4. The largest absolute Gasteiger partial charge is 0.507 e. The third-order valence-electron chi connectivity index (χ3n) is 4.80. The Balaban J connectivity index is 1.54. The second-order valence-corrected chi connectivity index (χ2v) is 7.94. The molecular weight excluding hydrogens is 467 g/mol. The van der Waals surface area contributed by atoms with Gasteiger partial charge in [0, 0.05) is 15.6 Å². The fourth-order valence-corrected chi connectivity index (χ4v) is 3.43. The minimum atomic E-state index is -0.882. The maximum absolute atomic E-state index is 13.0. The minimum absolute atomic E-state index is 0.168. The molecule has 0 spiro atoms. The van der Waals surface area contributed by atoms with E-state index in [4.69, 9.17) is 27.9 Å². The lowest BCUT2D eigenvalue weighted by Gasteiger charge is -2.26. The molecule has 3 aromatic carbocycles. The lowest BCUT2D eigenvalue weighted by molar-refractivity contribution is -0.122. The molecule has 2 N–H and O–H groups in total. The number of halogens is 2. The number of benzene rings is 3. The van der Waals surface area contributed by atoms with E-state index in [0.29, 0.717) is 22.4 Å². The Bertz CT molecular complexity index is 1270. The van der Waals surface area contributed by atoms with E-state index in [0.717, 1.165) is 10.5 Å². The van der Waals surface area contributed by atoms with Gasteiger partial charge in [-0.3, -0.25) is 14.9 Å². The molecule has 0 saturated carbocycles. The highest BCUT2D eigenvalue weighted by atomic mass is 35.5. The molecule has 1 aliphatic heterocycles. The normalized spacial score (nSPS) is 15.0. The van der Waals surface area contributed by atoms with Crippen LogP contribution in [0.4, 0.5) is 10.5 Å². The van der Waals surface area contributed by atoms with Gasteiger partial charge in [-0.25, -0.2) is 9.69 Å². The summed E-state index contributed by atoms with van der Waals surface area (Å²) in [6, 6.07) is 16.8. The maximum atomic E-state index is 13.0. The number of phenolic OH excluding ortho intramolecular Hbond substituents is 1. The number of hydrogen-bond acceptors (Lipinski definition) is 5. The molecule has 1 aliphatic rings. The summed E-state index contributed by atoms with van der Waals surface area (Å²) in [6.45, 7) is 0.310. The van der Waals surface area contributed by atoms with Gasteiger partial charge < -0.3 is 9.84 Å². The number of ether oxygens (including phenoxy) is 1. The summed E-state index contributed by atoms with van der Waals surface area (Å²) in [5.74, 6) is -1.35. The molecule has 0 radical (unpaired) electrons. The molecule has 0 bridgehead atoms. The fourth-order valence-electron chi connectivity index (χ4n) is 3.13. The number of rotatable bonds is 5. The Labute approximate surface area is 198 Å². The Morgan fingerprint density at radius 3 is 2.27 bits per heavy atom. The summed E-state index contributed by atoms with van der Waals surface area (Å²) in [5, 5.41) is 13.1. The van der Waals surface area contributed by atoms with Crippen molar-refractivity contribution in [3.05, 3.63) is 93.5 Å². The molecule has 1 fully saturated rings. The second kappa shape index (κ2) is 9.36. The molecule has 7 nitrogen and oxygen atoms in total. The average Bonchev–Trinajstić information content (AvgIpc) is 2.79. The van der Waals surface area contributed by atoms with Gasteiger partial charge in [0.05, 0.1) is 5.69 Å². The van der Waals surface area contributed by atoms with Crippen LogP contribution >= 0.6 is 23.2 Å². The van der Waals surface area contributed by atoms with Gasteiger partial charge in [-0.05, 0) is 66.2 Å². The third kappa shape index (κ3) is 5.00. The number of urea groups is 1. The molecule has 4 amide bonds. The molecular formula is C24H16Cl2N2O5. The fraction of sp³-hybridized carbons (Fsp3) is 0.0417. The molecule has 0 aliphatic carbocycles. The van der Waals surface area contributed by atoms with E-state index in [2.05, 4.69) is 5.32 Å².